The Morgan fingerprint density at radius 1 is 0.970 bits per heavy atom. The Hall–Kier alpha value is -2.69. The Labute approximate surface area is 198 Å². The number of anilines is 2. The van der Waals surface area contributed by atoms with Crippen LogP contribution in [0.2, 0.25) is 5.02 Å². The maximum Gasteiger partial charge on any atom is 0.417 e. The van der Waals surface area contributed by atoms with Crippen molar-refractivity contribution in [2.24, 2.45) is 0 Å². The number of nitrogens with one attached hydrogen (secondary N) is 2. The molecule has 2 N–H and O–H groups in total. The summed E-state index contributed by atoms with van der Waals surface area (Å²) in [4.78, 5) is 12.9. The standard InChI is InChI=1S/C22H18ClF3N2O3S2/c1-14-2-7-17(8-3-14)32-13-21(29)27-15-4-9-18(10-5-15)33(30,31)28-16-6-11-20(23)19(12-16)22(24,25)26/h2-12,28H,13H2,1H3,(H,27,29). The molecule has 0 bridgehead atoms. The normalized spacial score (nSPS) is 11.8. The first kappa shape index (κ1) is 24.9. The molecule has 0 heterocycles. The lowest BCUT2D eigenvalue weighted by Gasteiger charge is -2.13. The van der Waals surface area contributed by atoms with E-state index < -0.39 is 26.8 Å². The minimum atomic E-state index is -4.73. The van der Waals surface area contributed by atoms with Gasteiger partial charge in [0.1, 0.15) is 0 Å². The van der Waals surface area contributed by atoms with E-state index in [0.29, 0.717) is 11.8 Å². The second-order valence-electron chi connectivity index (χ2n) is 6.97. The summed E-state index contributed by atoms with van der Waals surface area (Å²) in [6.07, 6.45) is -4.73. The Morgan fingerprint density at radius 2 is 1.58 bits per heavy atom. The number of rotatable bonds is 7. The number of carbonyl (C=O) groups excluding carboxylic acids is 1. The number of aryl methyl sites for hydroxylation is 1. The highest BCUT2D eigenvalue weighted by molar-refractivity contribution is 8.00. The molecule has 3 aromatic rings. The molecule has 3 aromatic carbocycles. The monoisotopic (exact) mass is 514 g/mol. The van der Waals surface area contributed by atoms with Gasteiger partial charge in [0.15, 0.2) is 0 Å². The van der Waals surface area contributed by atoms with Crippen LogP contribution in [0.5, 0.6) is 0 Å². The number of benzene rings is 3. The van der Waals surface area contributed by atoms with Crippen molar-refractivity contribution in [2.75, 3.05) is 15.8 Å². The van der Waals surface area contributed by atoms with E-state index >= 15 is 0 Å². The molecule has 0 spiro atoms. The van der Waals surface area contributed by atoms with E-state index in [9.17, 15) is 26.4 Å². The zero-order valence-corrected chi connectivity index (χ0v) is 19.5. The average molecular weight is 515 g/mol. The van der Waals surface area contributed by atoms with Crippen molar-refractivity contribution in [2.45, 2.75) is 22.9 Å². The highest BCUT2D eigenvalue weighted by atomic mass is 35.5. The summed E-state index contributed by atoms with van der Waals surface area (Å²) in [6, 6.07) is 15.7. The lowest BCUT2D eigenvalue weighted by atomic mass is 10.2. The van der Waals surface area contributed by atoms with Crippen molar-refractivity contribution in [3.8, 4) is 0 Å². The zero-order chi connectivity index (χ0) is 24.2. The third-order valence-electron chi connectivity index (χ3n) is 4.36. The van der Waals surface area contributed by atoms with Gasteiger partial charge < -0.3 is 5.32 Å². The minimum Gasteiger partial charge on any atom is -0.325 e. The number of hydrogen-bond acceptors (Lipinski definition) is 4. The van der Waals surface area contributed by atoms with Crippen LogP contribution in [0, 0.1) is 6.92 Å². The van der Waals surface area contributed by atoms with Gasteiger partial charge in [-0.25, -0.2) is 8.42 Å². The molecule has 0 radical (unpaired) electrons. The average Bonchev–Trinajstić information content (AvgIpc) is 2.74. The van der Waals surface area contributed by atoms with E-state index in [2.05, 4.69) is 10.0 Å². The molecule has 0 aliphatic carbocycles. The molecule has 3 rings (SSSR count). The number of carbonyl (C=O) groups is 1. The molecule has 0 unspecified atom stereocenters. The number of halogens is 4. The molecule has 0 saturated carbocycles. The molecule has 0 fully saturated rings. The van der Waals surface area contributed by atoms with E-state index in [1.807, 2.05) is 31.2 Å². The summed E-state index contributed by atoms with van der Waals surface area (Å²) < 4.78 is 66.2. The second kappa shape index (κ2) is 10.1. The van der Waals surface area contributed by atoms with Crippen molar-refractivity contribution in [1.29, 1.82) is 0 Å². The largest absolute Gasteiger partial charge is 0.417 e. The predicted octanol–water partition coefficient (Wildman–Crippen LogP) is 6.20. The molecule has 0 aliphatic heterocycles. The molecule has 5 nitrogen and oxygen atoms in total. The first-order chi connectivity index (χ1) is 15.4. The van der Waals surface area contributed by atoms with Gasteiger partial charge in [-0.1, -0.05) is 29.3 Å². The van der Waals surface area contributed by atoms with Gasteiger partial charge in [-0.15, -0.1) is 11.8 Å². The molecule has 0 aromatic heterocycles. The van der Waals surface area contributed by atoms with Crippen LogP contribution in [-0.2, 0) is 21.0 Å². The first-order valence-corrected chi connectivity index (χ1v) is 12.3. The van der Waals surface area contributed by atoms with Crippen molar-refractivity contribution in [1.82, 2.24) is 0 Å². The van der Waals surface area contributed by atoms with Crippen molar-refractivity contribution >= 4 is 50.7 Å². The lowest BCUT2D eigenvalue weighted by Crippen LogP contribution is -2.15. The summed E-state index contributed by atoms with van der Waals surface area (Å²) in [5.74, 6) is -0.0990. The fourth-order valence-corrected chi connectivity index (χ4v) is 4.69. The molecule has 11 heteroatoms. The van der Waals surface area contributed by atoms with E-state index in [4.69, 9.17) is 11.6 Å². The summed E-state index contributed by atoms with van der Waals surface area (Å²) >= 11 is 6.92. The second-order valence-corrected chi connectivity index (χ2v) is 10.1. The third kappa shape index (κ3) is 6.89. The summed E-state index contributed by atoms with van der Waals surface area (Å²) in [7, 11) is -4.16. The lowest BCUT2D eigenvalue weighted by molar-refractivity contribution is -0.137. The zero-order valence-electron chi connectivity index (χ0n) is 17.1. The predicted molar refractivity (Wildman–Crippen MR) is 124 cm³/mol. The quantitative estimate of drug-likeness (QED) is 0.368. The van der Waals surface area contributed by atoms with Crippen molar-refractivity contribution in [3.63, 3.8) is 0 Å². The summed E-state index contributed by atoms with van der Waals surface area (Å²) in [5.41, 5.74) is 0.0719. The highest BCUT2D eigenvalue weighted by Crippen LogP contribution is 2.36. The maximum absolute atomic E-state index is 13.0. The number of thioether (sulfide) groups is 1. The van der Waals surface area contributed by atoms with Gasteiger partial charge >= 0.3 is 6.18 Å². The maximum atomic E-state index is 13.0. The summed E-state index contributed by atoms with van der Waals surface area (Å²) in [6.45, 7) is 1.97. The van der Waals surface area contributed by atoms with Crippen LogP contribution in [0.15, 0.2) is 76.5 Å². The van der Waals surface area contributed by atoms with E-state index in [0.717, 1.165) is 22.6 Å². The fraction of sp³-hybridized carbons (Fsp3) is 0.136. The Bertz CT molecular complexity index is 1250. The van der Waals surface area contributed by atoms with Crippen LogP contribution in [0.4, 0.5) is 24.5 Å². The van der Waals surface area contributed by atoms with Gasteiger partial charge in [0.25, 0.3) is 10.0 Å². The number of sulfonamides is 1. The molecule has 0 aliphatic rings. The van der Waals surface area contributed by atoms with Crippen LogP contribution in [0.25, 0.3) is 0 Å². The van der Waals surface area contributed by atoms with Crippen LogP contribution in [0.3, 0.4) is 0 Å². The fourth-order valence-electron chi connectivity index (χ4n) is 2.72. The Kier molecular flexibility index (Phi) is 7.61. The van der Waals surface area contributed by atoms with E-state index in [1.165, 1.54) is 36.0 Å². The number of hydrogen-bond donors (Lipinski definition) is 2. The van der Waals surface area contributed by atoms with Crippen molar-refractivity contribution in [3.05, 3.63) is 82.9 Å². The van der Waals surface area contributed by atoms with E-state index in [1.54, 1.807) is 0 Å². The van der Waals surface area contributed by atoms with Crippen LogP contribution < -0.4 is 10.0 Å². The summed E-state index contributed by atoms with van der Waals surface area (Å²) in [5, 5.41) is 2.13. The van der Waals surface area contributed by atoms with Crippen molar-refractivity contribution < 1.29 is 26.4 Å². The van der Waals surface area contributed by atoms with Crippen LogP contribution >= 0.6 is 23.4 Å². The third-order valence-corrected chi connectivity index (χ3v) is 7.10. The highest BCUT2D eigenvalue weighted by Gasteiger charge is 2.33. The molecule has 174 valence electrons. The topological polar surface area (TPSA) is 75.3 Å². The number of alkyl halides is 3. The van der Waals surface area contributed by atoms with Gasteiger partial charge in [-0.05, 0) is 61.5 Å². The van der Waals surface area contributed by atoms with Gasteiger partial charge in [-0.2, -0.15) is 13.2 Å². The van der Waals surface area contributed by atoms with Crippen LogP contribution in [0.1, 0.15) is 11.1 Å². The number of amides is 1. The molecular formula is C22H18ClF3N2O3S2. The van der Waals surface area contributed by atoms with Gasteiger partial charge in [0.2, 0.25) is 5.91 Å². The van der Waals surface area contributed by atoms with Gasteiger partial charge in [0, 0.05) is 16.3 Å². The van der Waals surface area contributed by atoms with Gasteiger partial charge in [-0.3, -0.25) is 9.52 Å². The molecule has 0 saturated heterocycles. The first-order valence-electron chi connectivity index (χ1n) is 9.43. The molecular weight excluding hydrogens is 497 g/mol. The van der Waals surface area contributed by atoms with Crippen LogP contribution in [-0.4, -0.2) is 20.1 Å². The van der Waals surface area contributed by atoms with Gasteiger partial charge in [0.05, 0.1) is 21.2 Å². The molecule has 1 amide bonds. The Morgan fingerprint density at radius 3 is 2.18 bits per heavy atom. The molecule has 33 heavy (non-hydrogen) atoms. The van der Waals surface area contributed by atoms with E-state index in [-0.39, 0.29) is 22.2 Å². The minimum absolute atomic E-state index is 0.169. The SMILES string of the molecule is Cc1ccc(SCC(=O)Nc2ccc(S(=O)(=O)Nc3ccc(Cl)c(C(F)(F)F)c3)cc2)cc1. The Balaban J connectivity index is 1.64. The molecule has 0 atom stereocenters. The smallest absolute Gasteiger partial charge is 0.325 e.